The number of rotatable bonds is 8. The lowest BCUT2D eigenvalue weighted by atomic mass is 9.95. The van der Waals surface area contributed by atoms with Gasteiger partial charge in [-0.15, -0.1) is 0 Å². The van der Waals surface area contributed by atoms with Crippen LogP contribution in [0.25, 0.3) is 0 Å². The quantitative estimate of drug-likeness (QED) is 0.719. The van der Waals surface area contributed by atoms with E-state index in [1.807, 2.05) is 44.2 Å². The molecule has 6 nitrogen and oxygen atoms in total. The van der Waals surface area contributed by atoms with Gasteiger partial charge in [0, 0.05) is 18.2 Å². The van der Waals surface area contributed by atoms with E-state index >= 15 is 0 Å². The molecule has 0 aromatic heterocycles. The van der Waals surface area contributed by atoms with Gasteiger partial charge in [0.15, 0.2) is 23.0 Å². The molecule has 0 saturated heterocycles. The van der Waals surface area contributed by atoms with Crippen LogP contribution in [0.2, 0.25) is 0 Å². The Kier molecular flexibility index (Phi) is 6.22. The summed E-state index contributed by atoms with van der Waals surface area (Å²) in [5, 5.41) is 10.5. The number of hydrogen-bond donors (Lipinski definition) is 1. The SMILES string of the molecule is CCOc1ccc(N2C(=O)C(O)=C(C(=O)CC)C2c2ccccc2)cc1OCC. The van der Waals surface area contributed by atoms with Crippen molar-refractivity contribution >= 4 is 17.4 Å². The molecule has 0 bridgehead atoms. The van der Waals surface area contributed by atoms with E-state index in [1.165, 1.54) is 4.90 Å². The zero-order valence-electron chi connectivity index (χ0n) is 16.8. The number of carbonyl (C=O) groups is 2. The van der Waals surface area contributed by atoms with Crippen molar-refractivity contribution < 1.29 is 24.2 Å². The lowest BCUT2D eigenvalue weighted by Gasteiger charge is -2.27. The first kappa shape index (κ1) is 20.5. The van der Waals surface area contributed by atoms with Gasteiger partial charge in [0.25, 0.3) is 5.91 Å². The summed E-state index contributed by atoms with van der Waals surface area (Å²) in [7, 11) is 0. The molecule has 1 aliphatic heterocycles. The molecule has 3 rings (SSSR count). The van der Waals surface area contributed by atoms with Crippen molar-refractivity contribution in [3.8, 4) is 11.5 Å². The lowest BCUT2D eigenvalue weighted by Crippen LogP contribution is -2.31. The molecule has 1 atom stereocenters. The summed E-state index contributed by atoms with van der Waals surface area (Å²) < 4.78 is 11.3. The third-order valence-electron chi connectivity index (χ3n) is 4.75. The molecule has 29 heavy (non-hydrogen) atoms. The van der Waals surface area contributed by atoms with E-state index in [-0.39, 0.29) is 17.8 Å². The average Bonchev–Trinajstić information content (AvgIpc) is 3.00. The fourth-order valence-corrected chi connectivity index (χ4v) is 3.49. The van der Waals surface area contributed by atoms with Gasteiger partial charge in [-0.25, -0.2) is 0 Å². The largest absolute Gasteiger partial charge is 0.503 e. The normalized spacial score (nSPS) is 16.3. The van der Waals surface area contributed by atoms with E-state index in [0.29, 0.717) is 30.4 Å². The van der Waals surface area contributed by atoms with E-state index < -0.39 is 17.7 Å². The fraction of sp³-hybridized carbons (Fsp3) is 0.304. The van der Waals surface area contributed by atoms with Gasteiger partial charge in [-0.05, 0) is 31.5 Å². The van der Waals surface area contributed by atoms with Crippen molar-refractivity contribution in [3.63, 3.8) is 0 Å². The molecule has 0 fully saturated rings. The van der Waals surface area contributed by atoms with Gasteiger partial charge in [-0.3, -0.25) is 14.5 Å². The van der Waals surface area contributed by atoms with Gasteiger partial charge in [0.1, 0.15) is 0 Å². The minimum Gasteiger partial charge on any atom is -0.503 e. The second-order valence-electron chi connectivity index (χ2n) is 6.52. The average molecular weight is 395 g/mol. The molecular weight excluding hydrogens is 370 g/mol. The molecular formula is C23H25NO5. The van der Waals surface area contributed by atoms with Gasteiger partial charge in [-0.1, -0.05) is 37.3 Å². The highest BCUT2D eigenvalue weighted by molar-refractivity contribution is 6.16. The summed E-state index contributed by atoms with van der Waals surface area (Å²) in [6, 6.07) is 13.7. The Morgan fingerprint density at radius 1 is 1.00 bits per heavy atom. The second-order valence-corrected chi connectivity index (χ2v) is 6.52. The smallest absolute Gasteiger partial charge is 0.294 e. The van der Waals surface area contributed by atoms with Crippen LogP contribution in [0.15, 0.2) is 59.9 Å². The summed E-state index contributed by atoms with van der Waals surface area (Å²) in [6.07, 6.45) is 0.192. The maximum atomic E-state index is 13.0. The maximum absolute atomic E-state index is 13.0. The molecule has 1 unspecified atom stereocenters. The number of ketones is 1. The number of benzene rings is 2. The molecule has 0 aliphatic carbocycles. The lowest BCUT2D eigenvalue weighted by molar-refractivity contribution is -0.118. The topological polar surface area (TPSA) is 76.1 Å². The van der Waals surface area contributed by atoms with Crippen molar-refractivity contribution in [2.45, 2.75) is 33.2 Å². The van der Waals surface area contributed by atoms with Gasteiger partial charge < -0.3 is 14.6 Å². The number of nitrogens with zero attached hydrogens (tertiary/aromatic N) is 1. The van der Waals surface area contributed by atoms with Crippen LogP contribution in [0.5, 0.6) is 11.5 Å². The zero-order valence-corrected chi connectivity index (χ0v) is 16.8. The van der Waals surface area contributed by atoms with Gasteiger partial charge in [0.05, 0.1) is 24.8 Å². The minimum absolute atomic E-state index is 0.121. The summed E-state index contributed by atoms with van der Waals surface area (Å²) in [5.74, 6) is -0.299. The molecule has 1 heterocycles. The molecule has 6 heteroatoms. The van der Waals surface area contributed by atoms with Crippen molar-refractivity contribution in [1.29, 1.82) is 0 Å². The summed E-state index contributed by atoms with van der Waals surface area (Å²) in [6.45, 7) is 6.36. The van der Waals surface area contributed by atoms with E-state index in [1.54, 1.807) is 25.1 Å². The Labute approximate surface area is 170 Å². The summed E-state index contributed by atoms with van der Waals surface area (Å²) in [5.41, 5.74) is 1.38. The van der Waals surface area contributed by atoms with E-state index in [0.717, 1.165) is 5.56 Å². The molecule has 2 aromatic carbocycles. The number of hydrogen-bond acceptors (Lipinski definition) is 5. The predicted molar refractivity (Wildman–Crippen MR) is 110 cm³/mol. The number of carbonyl (C=O) groups excluding carboxylic acids is 2. The van der Waals surface area contributed by atoms with Crippen molar-refractivity contribution in [1.82, 2.24) is 0 Å². The fourth-order valence-electron chi connectivity index (χ4n) is 3.49. The highest BCUT2D eigenvalue weighted by Crippen LogP contribution is 2.43. The van der Waals surface area contributed by atoms with E-state index in [4.69, 9.17) is 9.47 Å². The molecule has 1 aliphatic rings. The Morgan fingerprint density at radius 2 is 1.66 bits per heavy atom. The first-order valence-electron chi connectivity index (χ1n) is 9.77. The minimum atomic E-state index is -0.705. The maximum Gasteiger partial charge on any atom is 0.294 e. The number of aliphatic hydroxyl groups is 1. The first-order valence-corrected chi connectivity index (χ1v) is 9.77. The molecule has 1 amide bonds. The Morgan fingerprint density at radius 3 is 2.28 bits per heavy atom. The molecule has 1 N–H and O–H groups in total. The molecule has 0 radical (unpaired) electrons. The van der Waals surface area contributed by atoms with Crippen LogP contribution in [0.1, 0.15) is 38.8 Å². The number of Topliss-reactive ketones (excluding diaryl/α,β-unsaturated/α-hetero) is 1. The highest BCUT2D eigenvalue weighted by atomic mass is 16.5. The zero-order chi connectivity index (χ0) is 21.0. The molecule has 0 saturated carbocycles. The molecule has 2 aromatic rings. The van der Waals surface area contributed by atoms with Crippen LogP contribution in [-0.2, 0) is 9.59 Å². The van der Waals surface area contributed by atoms with Gasteiger partial charge in [0.2, 0.25) is 0 Å². The summed E-state index contributed by atoms with van der Waals surface area (Å²) >= 11 is 0. The first-order chi connectivity index (χ1) is 14.0. The summed E-state index contributed by atoms with van der Waals surface area (Å²) in [4.78, 5) is 27.0. The second kappa shape index (κ2) is 8.82. The van der Waals surface area contributed by atoms with Crippen molar-refractivity contribution in [2.24, 2.45) is 0 Å². The van der Waals surface area contributed by atoms with Crippen LogP contribution < -0.4 is 14.4 Å². The monoisotopic (exact) mass is 395 g/mol. The standard InChI is InChI=1S/C23H25NO5/c1-4-17(25)20-21(15-10-8-7-9-11-15)24(23(27)22(20)26)16-12-13-18(28-5-2)19(14-16)29-6-3/h7-14,21,26H,4-6H2,1-3H3. The number of amides is 1. The number of anilines is 1. The number of aliphatic hydroxyl groups excluding tert-OH is 1. The molecule has 152 valence electrons. The van der Waals surface area contributed by atoms with E-state index in [9.17, 15) is 14.7 Å². The van der Waals surface area contributed by atoms with Crippen LogP contribution >= 0.6 is 0 Å². The molecule has 0 spiro atoms. The Bertz CT molecular complexity index is 936. The van der Waals surface area contributed by atoms with Crippen LogP contribution in [0.3, 0.4) is 0 Å². The van der Waals surface area contributed by atoms with Crippen LogP contribution in [0.4, 0.5) is 5.69 Å². The third-order valence-corrected chi connectivity index (χ3v) is 4.75. The highest BCUT2D eigenvalue weighted by Gasteiger charge is 2.44. The van der Waals surface area contributed by atoms with E-state index in [2.05, 4.69) is 0 Å². The Hall–Kier alpha value is -3.28. The van der Waals surface area contributed by atoms with Crippen molar-refractivity contribution in [3.05, 3.63) is 65.4 Å². The third kappa shape index (κ3) is 3.83. The van der Waals surface area contributed by atoms with Crippen LogP contribution in [-0.4, -0.2) is 30.0 Å². The van der Waals surface area contributed by atoms with Gasteiger partial charge >= 0.3 is 0 Å². The van der Waals surface area contributed by atoms with Crippen molar-refractivity contribution in [2.75, 3.05) is 18.1 Å². The predicted octanol–water partition coefficient (Wildman–Crippen LogP) is 4.36. The number of ether oxygens (including phenoxy) is 2. The van der Waals surface area contributed by atoms with Gasteiger partial charge in [-0.2, -0.15) is 0 Å². The van der Waals surface area contributed by atoms with Crippen LogP contribution in [0, 0.1) is 0 Å². The Balaban J connectivity index is 2.13.